The number of benzene rings is 2. The number of allylic oxidation sites excluding steroid dienone is 2. The summed E-state index contributed by atoms with van der Waals surface area (Å²) in [5.41, 5.74) is 7.15. The molecule has 7 heteroatoms. The van der Waals surface area contributed by atoms with E-state index in [0.717, 1.165) is 68.5 Å². The van der Waals surface area contributed by atoms with Crippen LogP contribution in [0.1, 0.15) is 87.2 Å². The van der Waals surface area contributed by atoms with Gasteiger partial charge < -0.3 is 19.3 Å². The molecule has 44 heavy (non-hydrogen) atoms. The number of hydrogen-bond acceptors (Lipinski definition) is 6. The summed E-state index contributed by atoms with van der Waals surface area (Å²) in [6, 6.07) is 15.6. The van der Waals surface area contributed by atoms with Crippen LogP contribution in [0.25, 0.3) is 0 Å². The largest absolute Gasteiger partial charge is 0.489 e. The predicted molar refractivity (Wildman–Crippen MR) is 176 cm³/mol. The third-order valence-corrected chi connectivity index (χ3v) is 10.7. The molecule has 2 aromatic carbocycles. The van der Waals surface area contributed by atoms with E-state index in [1.54, 1.807) is 11.8 Å². The van der Waals surface area contributed by atoms with Gasteiger partial charge in [-0.15, -0.1) is 11.8 Å². The molecule has 0 spiro atoms. The third-order valence-electron chi connectivity index (χ3n) is 9.88. The lowest BCUT2D eigenvalue weighted by molar-refractivity contribution is -0.0605. The molecule has 4 aliphatic rings. The van der Waals surface area contributed by atoms with Gasteiger partial charge in [0.1, 0.15) is 23.1 Å². The fourth-order valence-corrected chi connectivity index (χ4v) is 7.93. The second kappa shape index (κ2) is 14.5. The minimum atomic E-state index is -0.319. The van der Waals surface area contributed by atoms with Crippen molar-refractivity contribution in [3.8, 4) is 5.75 Å². The summed E-state index contributed by atoms with van der Waals surface area (Å²) < 4.78 is 33.4. The van der Waals surface area contributed by atoms with Crippen LogP contribution in [0, 0.1) is 0 Å². The molecule has 3 fully saturated rings. The average molecular weight is 622 g/mol. The van der Waals surface area contributed by atoms with E-state index in [2.05, 4.69) is 61.2 Å². The van der Waals surface area contributed by atoms with Crippen molar-refractivity contribution in [1.29, 1.82) is 0 Å². The molecule has 0 amide bonds. The fourth-order valence-electron chi connectivity index (χ4n) is 7.27. The lowest BCUT2D eigenvalue weighted by Crippen LogP contribution is -2.43. The number of rotatable bonds is 9. The van der Waals surface area contributed by atoms with Crippen LogP contribution in [0.3, 0.4) is 0 Å². The first-order valence-electron chi connectivity index (χ1n) is 16.5. The monoisotopic (exact) mass is 621 g/mol. The van der Waals surface area contributed by atoms with Crippen molar-refractivity contribution >= 4 is 11.8 Å². The van der Waals surface area contributed by atoms with Crippen LogP contribution in [0.2, 0.25) is 0 Å². The SMILES string of the molecule is CCc1ccc([C@H]2C[C@@H](O)C[C@@H](SC)O2)cc1Cc1ccc(O[C@@H]2CCN([C@H]3CC[C@@H](C4=C(F)CCC(C)=C4)OC3)C2)cc1. The number of likely N-dealkylation sites (tertiary alicyclic amines) is 1. The number of aliphatic hydroxyl groups excluding tert-OH is 1. The summed E-state index contributed by atoms with van der Waals surface area (Å²) in [4.78, 5) is 2.50. The highest BCUT2D eigenvalue weighted by Gasteiger charge is 2.34. The molecule has 6 rings (SSSR count). The maximum Gasteiger partial charge on any atom is 0.119 e. The highest BCUT2D eigenvalue weighted by molar-refractivity contribution is 7.99. The Morgan fingerprint density at radius 1 is 1.02 bits per heavy atom. The van der Waals surface area contributed by atoms with Crippen molar-refractivity contribution in [1.82, 2.24) is 4.90 Å². The molecule has 3 saturated heterocycles. The fraction of sp³-hybridized carbons (Fsp3) is 0.568. The normalized spacial score (nSPS) is 30.0. The molecule has 5 nitrogen and oxygen atoms in total. The van der Waals surface area contributed by atoms with E-state index >= 15 is 0 Å². The Labute approximate surface area is 266 Å². The topological polar surface area (TPSA) is 51.2 Å². The van der Waals surface area contributed by atoms with E-state index in [0.29, 0.717) is 31.9 Å². The van der Waals surface area contributed by atoms with Crippen LogP contribution < -0.4 is 4.74 Å². The van der Waals surface area contributed by atoms with Gasteiger partial charge in [0, 0.05) is 44.0 Å². The van der Waals surface area contributed by atoms with E-state index in [1.807, 2.05) is 12.3 Å². The smallest absolute Gasteiger partial charge is 0.119 e. The Kier molecular flexibility index (Phi) is 10.5. The summed E-state index contributed by atoms with van der Waals surface area (Å²) in [5.74, 6) is 0.928. The standard InChI is InChI=1S/C37H48FNO4S/c1-4-26-8-9-27(36-20-30(40)21-37(43-36)44-3)19-28(26)18-25-6-11-31(12-7-25)42-32-15-16-39(22-32)29-10-14-35(41-23-29)33-17-24(2)5-13-34(33)38/h6-9,11-12,17,19,29-30,32,35-37,40H,4-5,10,13-16,18,20-23H2,1-3H3/t29-,30+,32+,35-,36+,37+/m0/s1. The van der Waals surface area contributed by atoms with Gasteiger partial charge in [-0.1, -0.05) is 48.9 Å². The van der Waals surface area contributed by atoms with Gasteiger partial charge in [0.25, 0.3) is 0 Å². The van der Waals surface area contributed by atoms with Crippen LogP contribution in [0.4, 0.5) is 4.39 Å². The molecule has 2 aromatic rings. The first-order valence-corrected chi connectivity index (χ1v) is 17.8. The number of aliphatic hydroxyl groups is 1. The van der Waals surface area contributed by atoms with Crippen molar-refractivity contribution in [3.05, 3.63) is 87.8 Å². The van der Waals surface area contributed by atoms with Gasteiger partial charge in [-0.25, -0.2) is 4.39 Å². The molecule has 0 saturated carbocycles. The van der Waals surface area contributed by atoms with Gasteiger partial charge in [0.05, 0.1) is 24.9 Å². The highest BCUT2D eigenvalue weighted by Crippen LogP contribution is 2.37. The second-order valence-electron chi connectivity index (χ2n) is 13.0. The number of aryl methyl sites for hydroxylation is 1. The van der Waals surface area contributed by atoms with Gasteiger partial charge in [-0.05, 0) is 86.1 Å². The van der Waals surface area contributed by atoms with Gasteiger partial charge in [-0.3, -0.25) is 4.90 Å². The van der Waals surface area contributed by atoms with Crippen molar-refractivity contribution in [2.45, 2.75) is 108 Å². The van der Waals surface area contributed by atoms with Crippen LogP contribution in [0.15, 0.2) is 65.5 Å². The van der Waals surface area contributed by atoms with Gasteiger partial charge >= 0.3 is 0 Å². The molecule has 1 N–H and O–H groups in total. The minimum absolute atomic E-state index is 0.0122. The predicted octanol–water partition coefficient (Wildman–Crippen LogP) is 7.71. The van der Waals surface area contributed by atoms with Crippen LogP contribution in [-0.4, -0.2) is 65.7 Å². The van der Waals surface area contributed by atoms with Gasteiger partial charge in [0.15, 0.2) is 0 Å². The molecule has 0 bridgehead atoms. The number of hydrogen-bond donors (Lipinski definition) is 1. The zero-order valence-corrected chi connectivity index (χ0v) is 27.3. The Morgan fingerprint density at radius 3 is 2.61 bits per heavy atom. The zero-order valence-electron chi connectivity index (χ0n) is 26.5. The molecule has 6 atom stereocenters. The summed E-state index contributed by atoms with van der Waals surface area (Å²) in [6.45, 7) is 6.85. The van der Waals surface area contributed by atoms with Crippen molar-refractivity contribution in [2.75, 3.05) is 26.0 Å². The summed E-state index contributed by atoms with van der Waals surface area (Å²) in [7, 11) is 0. The lowest BCUT2D eigenvalue weighted by atomic mass is 9.91. The summed E-state index contributed by atoms with van der Waals surface area (Å²) in [5, 5.41) is 10.4. The first kappa shape index (κ1) is 31.8. The molecule has 1 aliphatic carbocycles. The molecule has 3 aliphatic heterocycles. The van der Waals surface area contributed by atoms with Gasteiger partial charge in [-0.2, -0.15) is 0 Å². The second-order valence-corrected chi connectivity index (χ2v) is 14.0. The molecular weight excluding hydrogens is 573 g/mol. The Hall–Kier alpha value is -2.16. The highest BCUT2D eigenvalue weighted by atomic mass is 32.2. The lowest BCUT2D eigenvalue weighted by Gasteiger charge is -2.35. The third kappa shape index (κ3) is 7.61. The quantitative estimate of drug-likeness (QED) is 0.310. The Balaban J connectivity index is 1.01. The number of halogens is 1. The molecule has 238 valence electrons. The van der Waals surface area contributed by atoms with Crippen LogP contribution >= 0.6 is 11.8 Å². The Morgan fingerprint density at radius 2 is 1.86 bits per heavy atom. The van der Waals surface area contributed by atoms with Crippen LogP contribution in [-0.2, 0) is 22.3 Å². The van der Waals surface area contributed by atoms with E-state index in [1.165, 1.54) is 22.3 Å². The van der Waals surface area contributed by atoms with E-state index in [9.17, 15) is 9.50 Å². The van der Waals surface area contributed by atoms with E-state index in [4.69, 9.17) is 14.2 Å². The zero-order chi connectivity index (χ0) is 30.6. The van der Waals surface area contributed by atoms with Crippen molar-refractivity contribution in [3.63, 3.8) is 0 Å². The van der Waals surface area contributed by atoms with Crippen molar-refractivity contribution < 1.29 is 23.7 Å². The van der Waals surface area contributed by atoms with Crippen LogP contribution in [0.5, 0.6) is 5.75 Å². The van der Waals surface area contributed by atoms with E-state index < -0.39 is 0 Å². The molecular formula is C37H48FNO4S. The summed E-state index contributed by atoms with van der Waals surface area (Å²) in [6.07, 6.45) is 11.1. The number of nitrogens with zero attached hydrogens (tertiary/aromatic N) is 1. The summed E-state index contributed by atoms with van der Waals surface area (Å²) >= 11 is 1.67. The maximum atomic E-state index is 14.5. The average Bonchev–Trinajstić information content (AvgIpc) is 3.51. The van der Waals surface area contributed by atoms with E-state index in [-0.39, 0.29) is 35.7 Å². The molecule has 0 radical (unpaired) electrons. The molecule has 3 heterocycles. The van der Waals surface area contributed by atoms with Crippen molar-refractivity contribution in [2.24, 2.45) is 0 Å². The molecule has 0 unspecified atom stereocenters. The minimum Gasteiger partial charge on any atom is -0.489 e. The number of ether oxygens (including phenoxy) is 3. The number of thioether (sulfide) groups is 1. The molecule has 0 aromatic heterocycles. The first-order chi connectivity index (χ1) is 21.4. The van der Waals surface area contributed by atoms with Gasteiger partial charge in [0.2, 0.25) is 0 Å². The maximum absolute atomic E-state index is 14.5. The Bertz CT molecular complexity index is 1340.